The Morgan fingerprint density at radius 1 is 1.03 bits per heavy atom. The SMILES string of the molecule is C=CCn1c(-c2ccc(OCC)cc2)csc1=Nc1c(-c2ccccc2)n(C)n(C)c1=O.[Br-]. The Morgan fingerprint density at radius 2 is 1.73 bits per heavy atom. The Morgan fingerprint density at radius 3 is 2.36 bits per heavy atom. The van der Waals surface area contributed by atoms with E-state index in [2.05, 4.69) is 16.5 Å². The Labute approximate surface area is 207 Å². The van der Waals surface area contributed by atoms with E-state index in [4.69, 9.17) is 9.73 Å². The third-order valence-electron chi connectivity index (χ3n) is 5.32. The average Bonchev–Trinajstić information content (AvgIpc) is 3.30. The molecule has 0 spiro atoms. The van der Waals surface area contributed by atoms with Crippen LogP contribution in [0.1, 0.15) is 6.92 Å². The van der Waals surface area contributed by atoms with Crippen molar-refractivity contribution in [2.45, 2.75) is 13.5 Å². The number of aromatic nitrogens is 3. The molecule has 2 heterocycles. The van der Waals surface area contributed by atoms with E-state index >= 15 is 0 Å². The third-order valence-corrected chi connectivity index (χ3v) is 6.18. The molecule has 0 saturated carbocycles. The van der Waals surface area contributed by atoms with Crippen LogP contribution in [-0.2, 0) is 20.6 Å². The molecule has 4 rings (SSSR count). The first kappa shape index (κ1) is 24.5. The lowest BCUT2D eigenvalue weighted by atomic mass is 10.1. The van der Waals surface area contributed by atoms with Crippen LogP contribution in [-0.4, -0.2) is 20.5 Å². The van der Waals surface area contributed by atoms with Crippen molar-refractivity contribution in [2.75, 3.05) is 6.61 Å². The van der Waals surface area contributed by atoms with E-state index in [1.807, 2.05) is 79.3 Å². The molecule has 2 aromatic carbocycles. The molecule has 33 heavy (non-hydrogen) atoms. The third kappa shape index (κ3) is 4.82. The Bertz CT molecular complexity index is 1360. The number of benzene rings is 2. The lowest BCUT2D eigenvalue weighted by Gasteiger charge is -2.08. The molecule has 8 heteroatoms. The topological polar surface area (TPSA) is 53.4 Å². The van der Waals surface area contributed by atoms with Gasteiger partial charge in [0, 0.05) is 31.6 Å². The van der Waals surface area contributed by atoms with Gasteiger partial charge in [-0.3, -0.25) is 14.2 Å². The number of halogens is 1. The summed E-state index contributed by atoms with van der Waals surface area (Å²) in [6, 6.07) is 17.9. The zero-order valence-corrected chi connectivity index (χ0v) is 21.3. The molecular formula is C25H26BrN4O2S-. The lowest BCUT2D eigenvalue weighted by Crippen LogP contribution is -3.00. The van der Waals surface area contributed by atoms with Crippen molar-refractivity contribution in [1.29, 1.82) is 0 Å². The van der Waals surface area contributed by atoms with Crippen molar-refractivity contribution in [3.8, 4) is 28.3 Å². The van der Waals surface area contributed by atoms with E-state index in [-0.39, 0.29) is 22.5 Å². The summed E-state index contributed by atoms with van der Waals surface area (Å²) in [5.41, 5.74) is 4.11. The minimum Gasteiger partial charge on any atom is -1.00 e. The van der Waals surface area contributed by atoms with Crippen LogP contribution < -0.4 is 32.1 Å². The lowest BCUT2D eigenvalue weighted by molar-refractivity contribution is -0.00000711. The van der Waals surface area contributed by atoms with E-state index < -0.39 is 0 Å². The molecule has 0 atom stereocenters. The Hall–Kier alpha value is -3.10. The van der Waals surface area contributed by atoms with Crippen molar-refractivity contribution < 1.29 is 21.7 Å². The summed E-state index contributed by atoms with van der Waals surface area (Å²) in [5, 5.41) is 2.06. The van der Waals surface area contributed by atoms with Gasteiger partial charge in [0.1, 0.15) is 5.75 Å². The summed E-state index contributed by atoms with van der Waals surface area (Å²) in [5.74, 6) is 0.840. The summed E-state index contributed by atoms with van der Waals surface area (Å²) in [4.78, 5) is 18.7. The maximum absolute atomic E-state index is 13.0. The second kappa shape index (κ2) is 10.7. The molecule has 0 amide bonds. The van der Waals surface area contributed by atoms with Crippen LogP contribution in [0.3, 0.4) is 0 Å². The van der Waals surface area contributed by atoms with Gasteiger partial charge in [-0.2, -0.15) is 0 Å². The van der Waals surface area contributed by atoms with Crippen LogP contribution in [0.5, 0.6) is 5.75 Å². The van der Waals surface area contributed by atoms with Crippen LogP contribution >= 0.6 is 11.3 Å². The van der Waals surface area contributed by atoms with Crippen LogP contribution in [0, 0.1) is 0 Å². The average molecular weight is 526 g/mol. The predicted molar refractivity (Wildman–Crippen MR) is 130 cm³/mol. The molecule has 0 radical (unpaired) electrons. The molecule has 172 valence electrons. The first-order valence-electron chi connectivity index (χ1n) is 10.4. The molecule has 0 N–H and O–H groups in total. The molecule has 0 saturated heterocycles. The van der Waals surface area contributed by atoms with Crippen LogP contribution in [0.25, 0.3) is 22.5 Å². The van der Waals surface area contributed by atoms with Gasteiger partial charge < -0.3 is 26.3 Å². The largest absolute Gasteiger partial charge is 1.00 e. The number of rotatable bonds is 7. The Kier molecular flexibility index (Phi) is 7.94. The highest BCUT2D eigenvalue weighted by molar-refractivity contribution is 7.07. The van der Waals surface area contributed by atoms with Crippen LogP contribution in [0.15, 0.2) is 82.4 Å². The smallest absolute Gasteiger partial charge is 0.293 e. The fourth-order valence-electron chi connectivity index (χ4n) is 3.65. The predicted octanol–water partition coefficient (Wildman–Crippen LogP) is 1.74. The van der Waals surface area contributed by atoms with Crippen molar-refractivity contribution in [2.24, 2.45) is 19.1 Å². The molecule has 2 aromatic heterocycles. The fraction of sp³-hybridized carbons (Fsp3) is 0.200. The molecular weight excluding hydrogens is 500 g/mol. The van der Waals surface area contributed by atoms with Crippen molar-refractivity contribution in [1.82, 2.24) is 13.9 Å². The number of hydrogen-bond acceptors (Lipinski definition) is 4. The summed E-state index contributed by atoms with van der Waals surface area (Å²) in [7, 11) is 3.63. The van der Waals surface area contributed by atoms with Gasteiger partial charge in [-0.25, -0.2) is 4.99 Å². The first-order valence-corrected chi connectivity index (χ1v) is 11.3. The summed E-state index contributed by atoms with van der Waals surface area (Å²) < 4.78 is 11.1. The minimum absolute atomic E-state index is 0. The number of hydrogen-bond donors (Lipinski definition) is 0. The van der Waals surface area contributed by atoms with Gasteiger partial charge in [0.15, 0.2) is 10.5 Å². The highest BCUT2D eigenvalue weighted by Gasteiger charge is 2.18. The number of ether oxygens (including phenoxy) is 1. The van der Waals surface area contributed by atoms with Gasteiger partial charge in [0.2, 0.25) is 0 Å². The zero-order valence-electron chi connectivity index (χ0n) is 18.9. The van der Waals surface area contributed by atoms with Crippen molar-refractivity contribution in [3.63, 3.8) is 0 Å². The second-order valence-electron chi connectivity index (χ2n) is 7.29. The molecule has 0 unspecified atom stereocenters. The molecule has 0 bridgehead atoms. The van der Waals surface area contributed by atoms with Gasteiger partial charge in [-0.05, 0) is 36.8 Å². The molecule has 0 aliphatic rings. The van der Waals surface area contributed by atoms with Gasteiger partial charge in [-0.1, -0.05) is 36.4 Å². The van der Waals surface area contributed by atoms with Gasteiger partial charge >= 0.3 is 0 Å². The molecule has 6 nitrogen and oxygen atoms in total. The van der Waals surface area contributed by atoms with Gasteiger partial charge in [0.25, 0.3) is 5.56 Å². The van der Waals surface area contributed by atoms with E-state index in [1.165, 1.54) is 11.3 Å². The quantitative estimate of drug-likeness (QED) is 0.345. The summed E-state index contributed by atoms with van der Waals surface area (Å²) in [6.45, 7) is 7.09. The monoisotopic (exact) mass is 525 g/mol. The first-order chi connectivity index (χ1) is 15.5. The molecule has 0 fully saturated rings. The van der Waals surface area contributed by atoms with Gasteiger partial charge in [-0.15, -0.1) is 17.9 Å². The van der Waals surface area contributed by atoms with E-state index in [9.17, 15) is 4.79 Å². The maximum atomic E-state index is 13.0. The highest BCUT2D eigenvalue weighted by atomic mass is 79.9. The highest BCUT2D eigenvalue weighted by Crippen LogP contribution is 2.28. The van der Waals surface area contributed by atoms with Gasteiger partial charge in [0.05, 0.1) is 18.0 Å². The number of nitrogens with zero attached hydrogens (tertiary/aromatic N) is 4. The fourth-order valence-corrected chi connectivity index (χ4v) is 4.58. The summed E-state index contributed by atoms with van der Waals surface area (Å²) in [6.07, 6.45) is 1.84. The number of thiazole rings is 1. The molecule has 0 aliphatic carbocycles. The van der Waals surface area contributed by atoms with E-state index in [0.29, 0.717) is 18.8 Å². The number of allylic oxidation sites excluding steroid dienone is 1. The van der Waals surface area contributed by atoms with Crippen LogP contribution in [0.4, 0.5) is 5.69 Å². The van der Waals surface area contributed by atoms with E-state index in [0.717, 1.165) is 33.1 Å². The van der Waals surface area contributed by atoms with Crippen molar-refractivity contribution >= 4 is 17.0 Å². The molecule has 0 aliphatic heterocycles. The van der Waals surface area contributed by atoms with Crippen molar-refractivity contribution in [3.05, 3.63) is 87.8 Å². The molecule has 4 aromatic rings. The summed E-state index contributed by atoms with van der Waals surface area (Å²) >= 11 is 1.51. The van der Waals surface area contributed by atoms with E-state index in [1.54, 1.807) is 11.7 Å². The Balaban J connectivity index is 0.00000306. The second-order valence-corrected chi connectivity index (χ2v) is 8.12. The minimum atomic E-state index is -0.132. The van der Waals surface area contributed by atoms with Crippen LogP contribution in [0.2, 0.25) is 0 Å². The maximum Gasteiger partial charge on any atom is 0.293 e. The zero-order chi connectivity index (χ0) is 22.7. The standard InChI is InChI=1S/C25H26N4O2S.BrH/c1-5-16-29-21(18-12-14-20(15-13-18)31-6-2)17-32-25(29)26-22-23(19-10-8-7-9-11-19)27(3)28(4)24(22)30;/h5,7-15,17H,1,6,16H2,2-4H3;1H/p-1. The normalized spacial score (nSPS) is 11.3.